The van der Waals surface area contributed by atoms with E-state index in [1.54, 1.807) is 37.3 Å². The van der Waals surface area contributed by atoms with Gasteiger partial charge in [0.1, 0.15) is 4.83 Å². The molecule has 2 aromatic heterocycles. The number of ether oxygens (including phenoxy) is 3. The third-order valence-corrected chi connectivity index (χ3v) is 7.96. The molecular formula is C24H31N3O4S2. The topological polar surface area (TPSA) is 65.8 Å². The molecule has 1 aliphatic rings. The smallest absolute Gasteiger partial charge is 0.262 e. The van der Waals surface area contributed by atoms with Gasteiger partial charge in [0.05, 0.1) is 32.8 Å². The zero-order valence-electron chi connectivity index (χ0n) is 19.5. The SMILES string of the molecule is CCc1cc2c(=O)n(CCc3ccc(OC)c(OC)c3)c(SCCN3CCOCC3)nc2s1. The predicted molar refractivity (Wildman–Crippen MR) is 134 cm³/mol. The Labute approximate surface area is 202 Å². The van der Waals surface area contributed by atoms with Crippen LogP contribution in [0.4, 0.5) is 0 Å². The number of nitrogens with zero attached hydrogens (tertiary/aromatic N) is 3. The maximum Gasteiger partial charge on any atom is 0.262 e. The van der Waals surface area contributed by atoms with Crippen LogP contribution in [0, 0.1) is 0 Å². The average Bonchev–Trinajstić information content (AvgIpc) is 3.28. The fourth-order valence-corrected chi connectivity index (χ4v) is 5.93. The number of rotatable bonds is 10. The highest BCUT2D eigenvalue weighted by Crippen LogP contribution is 2.29. The average molecular weight is 490 g/mol. The number of methoxy groups -OCH3 is 2. The van der Waals surface area contributed by atoms with Crippen molar-refractivity contribution in [1.82, 2.24) is 14.5 Å². The largest absolute Gasteiger partial charge is 0.493 e. The van der Waals surface area contributed by atoms with Gasteiger partial charge in [-0.3, -0.25) is 14.3 Å². The van der Waals surface area contributed by atoms with Crippen molar-refractivity contribution in [3.63, 3.8) is 0 Å². The summed E-state index contributed by atoms with van der Waals surface area (Å²) in [5.74, 6) is 2.29. The summed E-state index contributed by atoms with van der Waals surface area (Å²) in [6.07, 6.45) is 1.61. The summed E-state index contributed by atoms with van der Waals surface area (Å²) in [6.45, 7) is 7.14. The lowest BCUT2D eigenvalue weighted by Gasteiger charge is -2.26. The van der Waals surface area contributed by atoms with Crippen LogP contribution in [0.2, 0.25) is 0 Å². The second-order valence-corrected chi connectivity index (χ2v) is 10.1. The van der Waals surface area contributed by atoms with Gasteiger partial charge in [0.15, 0.2) is 16.7 Å². The lowest BCUT2D eigenvalue weighted by Crippen LogP contribution is -2.37. The summed E-state index contributed by atoms with van der Waals surface area (Å²) in [7, 11) is 3.26. The van der Waals surface area contributed by atoms with Gasteiger partial charge in [-0.05, 0) is 36.6 Å². The van der Waals surface area contributed by atoms with E-state index in [1.165, 1.54) is 4.88 Å². The van der Waals surface area contributed by atoms with Crippen molar-refractivity contribution in [3.05, 3.63) is 45.1 Å². The van der Waals surface area contributed by atoms with Gasteiger partial charge in [-0.25, -0.2) is 4.98 Å². The number of hydrogen-bond acceptors (Lipinski definition) is 8. The summed E-state index contributed by atoms with van der Waals surface area (Å²) in [4.78, 5) is 22.8. The van der Waals surface area contributed by atoms with Crippen LogP contribution in [0.25, 0.3) is 10.2 Å². The first kappa shape index (κ1) is 24.1. The molecule has 0 amide bonds. The van der Waals surface area contributed by atoms with E-state index in [1.807, 2.05) is 28.8 Å². The molecule has 0 unspecified atom stereocenters. The molecule has 0 spiro atoms. The number of fused-ring (bicyclic) bond motifs is 1. The number of thioether (sulfide) groups is 1. The van der Waals surface area contributed by atoms with E-state index in [-0.39, 0.29) is 5.56 Å². The summed E-state index contributed by atoms with van der Waals surface area (Å²) in [6, 6.07) is 7.90. The van der Waals surface area contributed by atoms with Crippen molar-refractivity contribution >= 4 is 33.3 Å². The number of morpholine rings is 1. The molecule has 0 N–H and O–H groups in total. The zero-order chi connectivity index (χ0) is 23.2. The Hall–Kier alpha value is -2.07. The number of benzene rings is 1. The van der Waals surface area contributed by atoms with Crippen molar-refractivity contribution in [2.75, 3.05) is 52.8 Å². The van der Waals surface area contributed by atoms with Gasteiger partial charge in [-0.2, -0.15) is 0 Å². The van der Waals surface area contributed by atoms with Crippen LogP contribution in [0.5, 0.6) is 11.5 Å². The molecule has 0 aliphatic carbocycles. The van der Waals surface area contributed by atoms with Gasteiger partial charge in [-0.15, -0.1) is 11.3 Å². The molecule has 3 heterocycles. The van der Waals surface area contributed by atoms with E-state index in [9.17, 15) is 4.79 Å². The zero-order valence-corrected chi connectivity index (χ0v) is 21.1. The molecule has 33 heavy (non-hydrogen) atoms. The monoisotopic (exact) mass is 489 g/mol. The van der Waals surface area contributed by atoms with Crippen LogP contribution in [0.1, 0.15) is 17.4 Å². The second kappa shape index (κ2) is 11.4. The molecule has 7 nitrogen and oxygen atoms in total. The van der Waals surface area contributed by atoms with Crippen LogP contribution in [0.15, 0.2) is 34.2 Å². The maximum absolute atomic E-state index is 13.4. The van der Waals surface area contributed by atoms with Crippen molar-refractivity contribution in [1.29, 1.82) is 0 Å². The summed E-state index contributed by atoms with van der Waals surface area (Å²) < 4.78 is 18.1. The molecule has 1 aliphatic heterocycles. The van der Waals surface area contributed by atoms with E-state index >= 15 is 0 Å². The van der Waals surface area contributed by atoms with Gasteiger partial charge in [0, 0.05) is 36.8 Å². The van der Waals surface area contributed by atoms with Crippen molar-refractivity contribution in [2.24, 2.45) is 0 Å². The minimum Gasteiger partial charge on any atom is -0.493 e. The Balaban J connectivity index is 1.56. The second-order valence-electron chi connectivity index (χ2n) is 7.88. The first-order valence-corrected chi connectivity index (χ1v) is 13.1. The van der Waals surface area contributed by atoms with Gasteiger partial charge in [0.25, 0.3) is 5.56 Å². The van der Waals surface area contributed by atoms with E-state index in [0.717, 1.165) is 66.0 Å². The Morgan fingerprint density at radius 2 is 1.91 bits per heavy atom. The minimum absolute atomic E-state index is 0.0466. The Morgan fingerprint density at radius 3 is 2.64 bits per heavy atom. The van der Waals surface area contributed by atoms with Crippen molar-refractivity contribution in [3.8, 4) is 11.5 Å². The third-order valence-electron chi connectivity index (χ3n) is 5.83. The molecule has 4 rings (SSSR count). The minimum atomic E-state index is 0.0466. The molecule has 0 bridgehead atoms. The first-order valence-electron chi connectivity index (χ1n) is 11.3. The molecule has 0 radical (unpaired) electrons. The lowest BCUT2D eigenvalue weighted by atomic mass is 10.1. The molecule has 9 heteroatoms. The lowest BCUT2D eigenvalue weighted by molar-refractivity contribution is 0.0410. The molecule has 1 fully saturated rings. The van der Waals surface area contributed by atoms with Gasteiger partial charge >= 0.3 is 0 Å². The highest BCUT2D eigenvalue weighted by Gasteiger charge is 2.16. The van der Waals surface area contributed by atoms with E-state index in [0.29, 0.717) is 24.5 Å². The number of aryl methyl sites for hydroxylation is 2. The number of aromatic nitrogens is 2. The van der Waals surface area contributed by atoms with Crippen LogP contribution in [-0.2, 0) is 24.1 Å². The van der Waals surface area contributed by atoms with Gasteiger partial charge in [0.2, 0.25) is 0 Å². The molecule has 1 saturated heterocycles. The summed E-state index contributed by atoms with van der Waals surface area (Å²) >= 11 is 3.29. The van der Waals surface area contributed by atoms with E-state index < -0.39 is 0 Å². The standard InChI is InChI=1S/C24H31N3O4S2/c1-4-18-16-19-22(33-18)25-24(32-14-11-26-9-12-31-13-10-26)27(23(19)28)8-7-17-5-6-20(29-2)21(15-17)30-3/h5-6,15-16H,4,7-14H2,1-3H3. The van der Waals surface area contributed by atoms with Crippen LogP contribution in [-0.4, -0.2) is 67.3 Å². The number of hydrogen-bond donors (Lipinski definition) is 0. The van der Waals surface area contributed by atoms with Crippen LogP contribution in [0.3, 0.4) is 0 Å². The molecule has 3 aromatic rings. The normalized spacial score (nSPS) is 14.6. The van der Waals surface area contributed by atoms with Crippen LogP contribution < -0.4 is 15.0 Å². The Kier molecular flexibility index (Phi) is 8.29. The Morgan fingerprint density at radius 1 is 1.12 bits per heavy atom. The third kappa shape index (κ3) is 5.71. The Bertz CT molecular complexity index is 1140. The fourth-order valence-electron chi connectivity index (χ4n) is 3.90. The summed E-state index contributed by atoms with van der Waals surface area (Å²) in [5.41, 5.74) is 1.13. The van der Waals surface area contributed by atoms with Crippen molar-refractivity contribution in [2.45, 2.75) is 31.5 Å². The maximum atomic E-state index is 13.4. The van der Waals surface area contributed by atoms with E-state index in [4.69, 9.17) is 19.2 Å². The molecule has 0 atom stereocenters. The molecule has 1 aromatic carbocycles. The van der Waals surface area contributed by atoms with Crippen LogP contribution >= 0.6 is 23.1 Å². The summed E-state index contributed by atoms with van der Waals surface area (Å²) in [5, 5.41) is 1.52. The van der Waals surface area contributed by atoms with Crippen molar-refractivity contribution < 1.29 is 14.2 Å². The molecular weight excluding hydrogens is 458 g/mol. The quantitative estimate of drug-likeness (QED) is 0.318. The van der Waals surface area contributed by atoms with Gasteiger partial charge < -0.3 is 14.2 Å². The highest BCUT2D eigenvalue weighted by atomic mass is 32.2. The predicted octanol–water partition coefficient (Wildman–Crippen LogP) is 3.70. The fraction of sp³-hybridized carbons (Fsp3) is 0.500. The van der Waals surface area contributed by atoms with Gasteiger partial charge in [-0.1, -0.05) is 24.8 Å². The highest BCUT2D eigenvalue weighted by molar-refractivity contribution is 7.99. The molecule has 178 valence electrons. The first-order chi connectivity index (χ1) is 16.1. The molecule has 0 saturated carbocycles. The van der Waals surface area contributed by atoms with E-state index in [2.05, 4.69) is 11.8 Å². The number of thiophene rings is 1.